The van der Waals surface area contributed by atoms with Crippen molar-refractivity contribution >= 4 is 5.78 Å². The molecule has 1 aromatic rings. The second-order valence-electron chi connectivity index (χ2n) is 3.51. The minimum absolute atomic E-state index is 0.000180. The molecule has 0 saturated carbocycles. The zero-order chi connectivity index (χ0) is 10.7. The molecule has 0 radical (unpaired) electrons. The van der Waals surface area contributed by atoms with Crippen LogP contribution in [-0.4, -0.2) is 31.1 Å². The first-order chi connectivity index (χ1) is 7.31. The summed E-state index contributed by atoms with van der Waals surface area (Å²) in [7, 11) is 1.55. The Morgan fingerprint density at radius 2 is 2.47 bits per heavy atom. The number of hydrogen-bond acceptors (Lipinski definition) is 4. The second kappa shape index (κ2) is 4.40. The molecule has 1 saturated heterocycles. The van der Waals surface area contributed by atoms with Crippen LogP contribution >= 0.6 is 0 Å². The maximum Gasteiger partial charge on any atom is 0.212 e. The van der Waals surface area contributed by atoms with Crippen LogP contribution in [0.25, 0.3) is 0 Å². The van der Waals surface area contributed by atoms with E-state index in [1.54, 1.807) is 25.4 Å². The van der Waals surface area contributed by atoms with E-state index in [9.17, 15) is 4.79 Å². The van der Waals surface area contributed by atoms with E-state index in [2.05, 4.69) is 4.98 Å². The zero-order valence-electron chi connectivity index (χ0n) is 8.60. The summed E-state index contributed by atoms with van der Waals surface area (Å²) in [6.45, 7) is 1.21. The van der Waals surface area contributed by atoms with E-state index in [1.807, 2.05) is 0 Å². The Bertz CT molecular complexity index is 341. The van der Waals surface area contributed by atoms with Gasteiger partial charge >= 0.3 is 0 Å². The van der Waals surface area contributed by atoms with Gasteiger partial charge in [-0.2, -0.15) is 0 Å². The highest BCUT2D eigenvalue weighted by molar-refractivity contribution is 5.97. The van der Waals surface area contributed by atoms with Crippen molar-refractivity contribution in [1.82, 2.24) is 4.98 Å². The fourth-order valence-corrected chi connectivity index (χ4v) is 1.62. The Kier molecular flexibility index (Phi) is 2.97. The lowest BCUT2D eigenvalue weighted by atomic mass is 9.98. The van der Waals surface area contributed by atoms with Crippen LogP contribution < -0.4 is 4.74 Å². The van der Waals surface area contributed by atoms with Crippen LogP contribution in [0.15, 0.2) is 18.3 Å². The zero-order valence-corrected chi connectivity index (χ0v) is 8.60. The van der Waals surface area contributed by atoms with Crippen LogP contribution in [0.2, 0.25) is 0 Å². The van der Waals surface area contributed by atoms with Gasteiger partial charge in [0.25, 0.3) is 0 Å². The molecule has 0 aromatic carbocycles. The van der Waals surface area contributed by atoms with Crippen LogP contribution in [0, 0.1) is 5.92 Å². The molecule has 0 amide bonds. The normalized spacial score (nSPS) is 20.2. The van der Waals surface area contributed by atoms with Crippen molar-refractivity contribution in [2.45, 2.75) is 6.42 Å². The fourth-order valence-electron chi connectivity index (χ4n) is 1.62. The average Bonchev–Trinajstić information content (AvgIpc) is 2.82. The second-order valence-corrected chi connectivity index (χ2v) is 3.51. The van der Waals surface area contributed by atoms with E-state index in [-0.39, 0.29) is 11.7 Å². The number of carbonyl (C=O) groups is 1. The summed E-state index contributed by atoms with van der Waals surface area (Å²) in [6.07, 6.45) is 2.37. The van der Waals surface area contributed by atoms with Crippen molar-refractivity contribution in [2.75, 3.05) is 20.3 Å². The highest BCUT2D eigenvalue weighted by Gasteiger charge is 2.24. The molecule has 2 rings (SSSR count). The molecular weight excluding hydrogens is 194 g/mol. The maximum atomic E-state index is 11.9. The molecule has 0 spiro atoms. The highest BCUT2D eigenvalue weighted by atomic mass is 16.5. The first-order valence-corrected chi connectivity index (χ1v) is 4.93. The van der Waals surface area contributed by atoms with Gasteiger partial charge in [-0.1, -0.05) is 0 Å². The molecule has 1 atom stereocenters. The van der Waals surface area contributed by atoms with E-state index in [0.717, 1.165) is 6.42 Å². The van der Waals surface area contributed by atoms with Gasteiger partial charge < -0.3 is 9.47 Å². The number of ether oxygens (including phenoxy) is 2. The minimum Gasteiger partial charge on any atom is -0.481 e. The lowest BCUT2D eigenvalue weighted by Gasteiger charge is -2.06. The summed E-state index contributed by atoms with van der Waals surface area (Å²) < 4.78 is 10.1. The van der Waals surface area contributed by atoms with Gasteiger partial charge in [0, 0.05) is 30.4 Å². The Hall–Kier alpha value is -1.42. The maximum absolute atomic E-state index is 11.9. The number of nitrogens with zero attached hydrogens (tertiary/aromatic N) is 1. The highest BCUT2D eigenvalue weighted by Crippen LogP contribution is 2.18. The predicted octanol–water partition coefficient (Wildman–Crippen LogP) is 1.31. The van der Waals surface area contributed by atoms with E-state index >= 15 is 0 Å². The third kappa shape index (κ3) is 2.15. The van der Waals surface area contributed by atoms with Crippen LogP contribution in [0.3, 0.4) is 0 Å². The van der Waals surface area contributed by atoms with Crippen molar-refractivity contribution in [3.63, 3.8) is 0 Å². The Balaban J connectivity index is 2.11. The van der Waals surface area contributed by atoms with Crippen molar-refractivity contribution in [2.24, 2.45) is 5.92 Å². The summed E-state index contributed by atoms with van der Waals surface area (Å²) in [4.78, 5) is 15.9. The minimum atomic E-state index is 0.000180. The Morgan fingerprint density at radius 1 is 1.60 bits per heavy atom. The smallest absolute Gasteiger partial charge is 0.212 e. The molecule has 1 aliphatic rings. The number of rotatable bonds is 3. The molecule has 0 N–H and O–H groups in total. The molecule has 1 aliphatic heterocycles. The van der Waals surface area contributed by atoms with Gasteiger partial charge in [-0.3, -0.25) is 4.79 Å². The molecular formula is C11H13NO3. The first-order valence-electron chi connectivity index (χ1n) is 4.93. The number of methoxy groups -OCH3 is 1. The fraction of sp³-hybridized carbons (Fsp3) is 0.455. The molecule has 1 fully saturated rings. The molecule has 4 heteroatoms. The average molecular weight is 207 g/mol. The topological polar surface area (TPSA) is 48.4 Å². The van der Waals surface area contributed by atoms with Gasteiger partial charge in [-0.25, -0.2) is 4.98 Å². The van der Waals surface area contributed by atoms with Crippen molar-refractivity contribution in [3.8, 4) is 5.88 Å². The number of aromatic nitrogens is 1. The van der Waals surface area contributed by atoms with Gasteiger partial charge in [0.2, 0.25) is 5.88 Å². The predicted molar refractivity (Wildman–Crippen MR) is 54.0 cm³/mol. The van der Waals surface area contributed by atoms with Gasteiger partial charge in [0.1, 0.15) is 0 Å². The molecule has 0 aliphatic carbocycles. The van der Waals surface area contributed by atoms with Crippen LogP contribution in [-0.2, 0) is 4.74 Å². The van der Waals surface area contributed by atoms with Crippen molar-refractivity contribution < 1.29 is 14.3 Å². The SMILES string of the molecule is COc1ccc(C(=O)C2CCOC2)cn1. The lowest BCUT2D eigenvalue weighted by Crippen LogP contribution is -2.14. The summed E-state index contributed by atoms with van der Waals surface area (Å²) in [5.74, 6) is 0.636. The Morgan fingerprint density at radius 3 is 3.00 bits per heavy atom. The summed E-state index contributed by atoms with van der Waals surface area (Å²) >= 11 is 0. The van der Waals surface area contributed by atoms with E-state index in [0.29, 0.717) is 24.7 Å². The molecule has 2 heterocycles. The van der Waals surface area contributed by atoms with E-state index in [1.165, 1.54) is 0 Å². The molecule has 15 heavy (non-hydrogen) atoms. The third-order valence-electron chi connectivity index (χ3n) is 2.53. The molecule has 80 valence electrons. The number of hydrogen-bond donors (Lipinski definition) is 0. The van der Waals surface area contributed by atoms with Crippen LogP contribution in [0.5, 0.6) is 5.88 Å². The van der Waals surface area contributed by atoms with Crippen molar-refractivity contribution in [3.05, 3.63) is 23.9 Å². The number of pyridine rings is 1. The number of Topliss-reactive ketones (excluding diaryl/α,β-unsaturated/α-hetero) is 1. The third-order valence-corrected chi connectivity index (χ3v) is 2.53. The molecule has 4 nitrogen and oxygen atoms in total. The molecule has 1 unspecified atom stereocenters. The monoisotopic (exact) mass is 207 g/mol. The van der Waals surface area contributed by atoms with Crippen LogP contribution in [0.4, 0.5) is 0 Å². The van der Waals surface area contributed by atoms with Crippen LogP contribution in [0.1, 0.15) is 16.8 Å². The van der Waals surface area contributed by atoms with Gasteiger partial charge in [0.05, 0.1) is 13.7 Å². The Labute approximate surface area is 88.2 Å². The quantitative estimate of drug-likeness (QED) is 0.701. The molecule has 0 bridgehead atoms. The molecule has 1 aromatic heterocycles. The first kappa shape index (κ1) is 10.1. The van der Waals surface area contributed by atoms with Gasteiger partial charge in [-0.15, -0.1) is 0 Å². The van der Waals surface area contributed by atoms with E-state index in [4.69, 9.17) is 9.47 Å². The number of ketones is 1. The van der Waals surface area contributed by atoms with Gasteiger partial charge in [-0.05, 0) is 12.5 Å². The van der Waals surface area contributed by atoms with Gasteiger partial charge in [0.15, 0.2) is 5.78 Å². The van der Waals surface area contributed by atoms with E-state index < -0.39 is 0 Å². The number of carbonyl (C=O) groups excluding carboxylic acids is 1. The summed E-state index contributed by atoms with van der Waals surface area (Å²) in [5, 5.41) is 0. The standard InChI is InChI=1S/C11H13NO3/c1-14-10-3-2-8(6-12-10)11(13)9-4-5-15-7-9/h2-3,6,9H,4-5,7H2,1H3. The lowest BCUT2D eigenvalue weighted by molar-refractivity contribution is 0.0900. The summed E-state index contributed by atoms with van der Waals surface area (Å²) in [5.41, 5.74) is 0.631. The summed E-state index contributed by atoms with van der Waals surface area (Å²) in [6, 6.07) is 3.44. The van der Waals surface area contributed by atoms with Crippen molar-refractivity contribution in [1.29, 1.82) is 0 Å². The largest absolute Gasteiger partial charge is 0.481 e.